The largest absolute Gasteiger partial charge is 0.433 e. The van der Waals surface area contributed by atoms with E-state index in [1.165, 1.54) is 14.0 Å². The molecule has 1 unspecified atom stereocenters. The molecule has 1 rings (SSSR count). The molecule has 0 fully saturated rings. The van der Waals surface area contributed by atoms with Gasteiger partial charge in [0.2, 0.25) is 0 Å². The minimum Gasteiger partial charge on any atom is -0.374 e. The van der Waals surface area contributed by atoms with Crippen molar-refractivity contribution in [2.24, 2.45) is 0 Å². The Balaban J connectivity index is 3.11. The maximum Gasteiger partial charge on any atom is 0.433 e. The lowest BCUT2D eigenvalue weighted by molar-refractivity contribution is -0.141. The van der Waals surface area contributed by atoms with Crippen molar-refractivity contribution in [3.8, 4) is 0 Å². The van der Waals surface area contributed by atoms with Crippen LogP contribution < -0.4 is 0 Å². The highest BCUT2D eigenvalue weighted by Gasteiger charge is 2.33. The van der Waals surface area contributed by atoms with E-state index in [1.807, 2.05) is 0 Å². The smallest absolute Gasteiger partial charge is 0.374 e. The molecule has 0 N–H and O–H groups in total. The molecule has 3 nitrogen and oxygen atoms in total. The average molecular weight is 268 g/mol. The molecule has 0 aliphatic rings. The van der Waals surface area contributed by atoms with Crippen molar-refractivity contribution in [3.63, 3.8) is 0 Å². The number of rotatable bonds is 3. The van der Waals surface area contributed by atoms with Gasteiger partial charge >= 0.3 is 6.18 Å². The van der Waals surface area contributed by atoms with Crippen molar-refractivity contribution in [3.05, 3.63) is 28.5 Å². The second-order valence-corrected chi connectivity index (χ2v) is 3.63. The number of ether oxygens (including phenoxy) is 1. The van der Waals surface area contributed by atoms with Gasteiger partial charge in [0, 0.05) is 7.11 Å². The third-order valence-corrected chi connectivity index (χ3v) is 2.42. The molecule has 0 amide bonds. The quantitative estimate of drug-likeness (QED) is 0.624. The molecule has 1 aromatic rings. The first-order valence-corrected chi connectivity index (χ1v) is 4.96. The zero-order valence-electron chi connectivity index (χ0n) is 9.01. The summed E-state index contributed by atoms with van der Waals surface area (Å²) in [6, 6.07) is 1.71. The van der Waals surface area contributed by atoms with Crippen LogP contribution >= 0.6 is 11.6 Å². The minimum absolute atomic E-state index is 0.0889. The molecular formula is C10H9ClF3NO2. The molecule has 0 radical (unpaired) electrons. The van der Waals surface area contributed by atoms with Crippen molar-refractivity contribution in [1.29, 1.82) is 0 Å². The predicted molar refractivity (Wildman–Crippen MR) is 55.1 cm³/mol. The second-order valence-electron chi connectivity index (χ2n) is 3.27. The fourth-order valence-electron chi connectivity index (χ4n) is 1.10. The Morgan fingerprint density at radius 2 is 2.06 bits per heavy atom. The standard InChI is InChI=1S/C10H9ClF3NO2/c1-5(17-2)8(16)6-3-4-7(10(12,13)14)15-9(6)11/h3-5H,1-2H3. The van der Waals surface area contributed by atoms with E-state index >= 15 is 0 Å². The fraction of sp³-hybridized carbons (Fsp3) is 0.400. The normalized spacial score (nSPS) is 13.5. The first kappa shape index (κ1) is 13.9. The summed E-state index contributed by atoms with van der Waals surface area (Å²) < 4.78 is 41.6. The molecule has 0 bridgehead atoms. The van der Waals surface area contributed by atoms with E-state index < -0.39 is 28.9 Å². The van der Waals surface area contributed by atoms with Gasteiger partial charge in [-0.3, -0.25) is 4.79 Å². The van der Waals surface area contributed by atoms with Gasteiger partial charge in [-0.05, 0) is 19.1 Å². The zero-order chi connectivity index (χ0) is 13.2. The Labute approximate surface area is 101 Å². The molecule has 17 heavy (non-hydrogen) atoms. The Hall–Kier alpha value is -1.14. The molecule has 1 aromatic heterocycles. The molecule has 1 heterocycles. The summed E-state index contributed by atoms with van der Waals surface area (Å²) in [5.41, 5.74) is -1.22. The number of methoxy groups -OCH3 is 1. The lowest BCUT2D eigenvalue weighted by atomic mass is 10.1. The summed E-state index contributed by atoms with van der Waals surface area (Å²) >= 11 is 5.54. The topological polar surface area (TPSA) is 39.2 Å². The van der Waals surface area contributed by atoms with E-state index in [0.717, 1.165) is 6.07 Å². The van der Waals surface area contributed by atoms with E-state index in [9.17, 15) is 18.0 Å². The molecule has 0 saturated heterocycles. The number of carbonyl (C=O) groups excluding carboxylic acids is 1. The lowest BCUT2D eigenvalue weighted by Crippen LogP contribution is -2.20. The Bertz CT molecular complexity index is 434. The number of pyridine rings is 1. The molecule has 0 aromatic carbocycles. The van der Waals surface area contributed by atoms with Gasteiger partial charge in [0.15, 0.2) is 5.78 Å². The van der Waals surface area contributed by atoms with E-state index in [-0.39, 0.29) is 5.56 Å². The third-order valence-electron chi connectivity index (χ3n) is 2.13. The Kier molecular flexibility index (Phi) is 4.11. The number of hydrogen-bond donors (Lipinski definition) is 0. The predicted octanol–water partition coefficient (Wildman–Crippen LogP) is 2.97. The van der Waals surface area contributed by atoms with Crippen LogP contribution in [0.3, 0.4) is 0 Å². The summed E-state index contributed by atoms with van der Waals surface area (Å²) in [7, 11) is 1.31. The highest BCUT2D eigenvalue weighted by atomic mass is 35.5. The summed E-state index contributed by atoms with van der Waals surface area (Å²) in [5, 5.41) is -0.478. The SMILES string of the molecule is COC(C)C(=O)c1ccc(C(F)(F)F)nc1Cl. The minimum atomic E-state index is -4.59. The maximum absolute atomic E-state index is 12.3. The van der Waals surface area contributed by atoms with Gasteiger partial charge < -0.3 is 4.74 Å². The number of nitrogens with zero attached hydrogens (tertiary/aromatic N) is 1. The Morgan fingerprint density at radius 3 is 2.47 bits per heavy atom. The van der Waals surface area contributed by atoms with E-state index in [2.05, 4.69) is 4.98 Å². The number of Topliss-reactive ketones (excluding diaryl/α,β-unsaturated/α-hetero) is 1. The first-order valence-electron chi connectivity index (χ1n) is 4.58. The van der Waals surface area contributed by atoms with Crippen molar-refractivity contribution in [2.75, 3.05) is 7.11 Å². The number of hydrogen-bond acceptors (Lipinski definition) is 3. The van der Waals surface area contributed by atoms with Gasteiger partial charge in [-0.15, -0.1) is 0 Å². The van der Waals surface area contributed by atoms with Crippen LogP contribution in [-0.2, 0) is 10.9 Å². The molecular weight excluding hydrogens is 259 g/mol. The highest BCUT2D eigenvalue weighted by Crippen LogP contribution is 2.29. The number of halogens is 4. The molecule has 0 spiro atoms. The third kappa shape index (κ3) is 3.17. The maximum atomic E-state index is 12.3. The van der Waals surface area contributed by atoms with Crippen molar-refractivity contribution in [1.82, 2.24) is 4.98 Å². The molecule has 0 aliphatic carbocycles. The van der Waals surface area contributed by atoms with Crippen LogP contribution in [0.25, 0.3) is 0 Å². The van der Waals surface area contributed by atoms with Crippen LogP contribution in [0.2, 0.25) is 5.15 Å². The average Bonchev–Trinajstić information content (AvgIpc) is 2.25. The zero-order valence-corrected chi connectivity index (χ0v) is 9.76. The van der Waals surface area contributed by atoms with Crippen molar-refractivity contribution in [2.45, 2.75) is 19.2 Å². The van der Waals surface area contributed by atoms with Crippen LogP contribution in [0.4, 0.5) is 13.2 Å². The van der Waals surface area contributed by atoms with Crippen LogP contribution in [0, 0.1) is 0 Å². The van der Waals surface area contributed by atoms with Gasteiger partial charge in [-0.25, -0.2) is 4.98 Å². The second kappa shape index (κ2) is 5.01. The summed E-state index contributed by atoms with van der Waals surface area (Å²) in [4.78, 5) is 14.8. The van der Waals surface area contributed by atoms with E-state index in [1.54, 1.807) is 0 Å². The number of ketones is 1. The fourth-order valence-corrected chi connectivity index (χ4v) is 1.35. The molecule has 94 valence electrons. The first-order chi connectivity index (χ1) is 7.77. The number of carbonyl (C=O) groups is 1. The van der Waals surface area contributed by atoms with Gasteiger partial charge in [0.25, 0.3) is 0 Å². The van der Waals surface area contributed by atoms with E-state index in [0.29, 0.717) is 6.07 Å². The number of aromatic nitrogens is 1. The van der Waals surface area contributed by atoms with Crippen molar-refractivity contribution < 1.29 is 22.7 Å². The lowest BCUT2D eigenvalue weighted by Gasteiger charge is -2.11. The molecule has 1 atom stereocenters. The summed E-state index contributed by atoms with van der Waals surface area (Å²) in [5.74, 6) is -0.515. The van der Waals surface area contributed by atoms with Gasteiger partial charge in [0.1, 0.15) is 17.0 Å². The molecule has 0 aliphatic heterocycles. The summed E-state index contributed by atoms with van der Waals surface area (Å²) in [6.07, 6.45) is -5.37. The molecule has 7 heteroatoms. The van der Waals surface area contributed by atoms with Gasteiger partial charge in [0.05, 0.1) is 5.56 Å². The van der Waals surface area contributed by atoms with Crippen LogP contribution in [0.15, 0.2) is 12.1 Å². The monoisotopic (exact) mass is 267 g/mol. The van der Waals surface area contributed by atoms with Crippen LogP contribution in [0.1, 0.15) is 23.0 Å². The van der Waals surface area contributed by atoms with Crippen molar-refractivity contribution >= 4 is 17.4 Å². The highest BCUT2D eigenvalue weighted by molar-refractivity contribution is 6.33. The van der Waals surface area contributed by atoms with E-state index in [4.69, 9.17) is 16.3 Å². The Morgan fingerprint density at radius 1 is 1.47 bits per heavy atom. The van der Waals surface area contributed by atoms with Crippen LogP contribution in [-0.4, -0.2) is 24.0 Å². The molecule has 0 saturated carbocycles. The van der Waals surface area contributed by atoms with Gasteiger partial charge in [-0.2, -0.15) is 13.2 Å². The number of alkyl halides is 3. The summed E-state index contributed by atoms with van der Waals surface area (Å²) in [6.45, 7) is 1.47. The van der Waals surface area contributed by atoms with Gasteiger partial charge in [-0.1, -0.05) is 11.6 Å². The van der Waals surface area contributed by atoms with Crippen LogP contribution in [0.5, 0.6) is 0 Å².